The van der Waals surface area contributed by atoms with Gasteiger partial charge < -0.3 is 9.73 Å². The zero-order valence-electron chi connectivity index (χ0n) is 21.7. The molecule has 1 N–H and O–H groups in total. The number of nitro groups is 1. The van der Waals surface area contributed by atoms with E-state index in [0.29, 0.717) is 22.8 Å². The maximum Gasteiger partial charge on any atom is 0.273 e. The van der Waals surface area contributed by atoms with Gasteiger partial charge in [0.1, 0.15) is 22.3 Å². The average molecular weight is 563 g/mol. The number of hydrogen-bond acceptors (Lipinski definition) is 7. The van der Waals surface area contributed by atoms with Crippen LogP contribution in [0.25, 0.3) is 28.7 Å². The number of carbonyl (C=O) groups is 1. The first kappa shape index (κ1) is 27.1. The molecule has 0 unspecified atom stereocenters. The summed E-state index contributed by atoms with van der Waals surface area (Å²) in [4.78, 5) is 37.4. The molecule has 5 aromatic rings. The molecule has 0 spiro atoms. The molecule has 1 amide bonds. The Morgan fingerprint density at radius 1 is 1.02 bits per heavy atom. The summed E-state index contributed by atoms with van der Waals surface area (Å²) in [5.74, 6) is 0.230. The van der Waals surface area contributed by atoms with Gasteiger partial charge in [0, 0.05) is 23.8 Å². The van der Waals surface area contributed by atoms with Crippen molar-refractivity contribution in [3.05, 3.63) is 138 Å². The molecule has 5 rings (SSSR count). The van der Waals surface area contributed by atoms with Gasteiger partial charge in [-0.15, -0.1) is 11.3 Å². The number of nitrogens with zero attached hydrogens (tertiary/aromatic N) is 3. The number of amides is 1. The van der Waals surface area contributed by atoms with Crippen LogP contribution in [0.4, 0.5) is 5.69 Å². The van der Waals surface area contributed by atoms with Crippen LogP contribution in [-0.2, 0) is 4.79 Å². The summed E-state index contributed by atoms with van der Waals surface area (Å²) >= 11 is 1.01. The quantitative estimate of drug-likeness (QED) is 0.230. The third kappa shape index (κ3) is 5.75. The zero-order chi connectivity index (χ0) is 28.9. The summed E-state index contributed by atoms with van der Waals surface area (Å²) < 4.78 is 7.70. The average Bonchev–Trinajstić information content (AvgIpc) is 3.59. The number of rotatable bonds is 7. The molecular weight excluding hydrogens is 540 g/mol. The predicted molar refractivity (Wildman–Crippen MR) is 156 cm³/mol. The minimum Gasteiger partial charge on any atom is -0.457 e. The molecule has 0 aliphatic heterocycles. The van der Waals surface area contributed by atoms with Crippen molar-refractivity contribution in [2.75, 3.05) is 0 Å². The second-order valence-corrected chi connectivity index (χ2v) is 10.0. The number of para-hydroxylation sites is 1. The molecule has 9 nitrogen and oxygen atoms in total. The lowest BCUT2D eigenvalue weighted by molar-refractivity contribution is -0.384. The summed E-state index contributed by atoms with van der Waals surface area (Å²) in [5, 5.41) is 23.9. The molecule has 0 aliphatic carbocycles. The predicted octanol–water partition coefficient (Wildman–Crippen LogP) is 4.45. The number of aromatic nitrogens is 1. The molecule has 0 bridgehead atoms. The Balaban J connectivity index is 1.59. The van der Waals surface area contributed by atoms with E-state index in [4.69, 9.17) is 4.42 Å². The van der Waals surface area contributed by atoms with Gasteiger partial charge in [-0.3, -0.25) is 24.3 Å². The Kier molecular flexibility index (Phi) is 7.71. The van der Waals surface area contributed by atoms with Crippen LogP contribution in [0.15, 0.2) is 106 Å². The van der Waals surface area contributed by atoms with Crippen LogP contribution in [0.5, 0.6) is 0 Å². The Morgan fingerprint density at radius 2 is 1.68 bits per heavy atom. The van der Waals surface area contributed by atoms with Crippen LogP contribution < -0.4 is 20.1 Å². The second-order valence-electron chi connectivity index (χ2n) is 8.99. The van der Waals surface area contributed by atoms with Crippen LogP contribution in [0.3, 0.4) is 0 Å². The highest BCUT2D eigenvalue weighted by atomic mass is 32.1. The van der Waals surface area contributed by atoms with Crippen LogP contribution in [0.1, 0.15) is 24.3 Å². The molecule has 3 aromatic carbocycles. The van der Waals surface area contributed by atoms with Gasteiger partial charge in [-0.1, -0.05) is 48.5 Å². The third-order valence-corrected chi connectivity index (χ3v) is 7.39. The number of nitro benzene ring substituents is 1. The molecule has 2 aromatic heterocycles. The van der Waals surface area contributed by atoms with Gasteiger partial charge in [0.25, 0.3) is 17.2 Å². The van der Waals surface area contributed by atoms with E-state index in [1.54, 1.807) is 60.7 Å². The molecule has 0 radical (unpaired) electrons. The monoisotopic (exact) mass is 562 g/mol. The third-order valence-electron chi connectivity index (χ3n) is 6.30. The van der Waals surface area contributed by atoms with E-state index in [2.05, 4.69) is 5.32 Å². The van der Waals surface area contributed by atoms with Crippen molar-refractivity contribution in [2.24, 2.45) is 0 Å². The number of non-ortho nitro benzene ring substituents is 1. The topological polar surface area (TPSA) is 131 Å². The van der Waals surface area contributed by atoms with Crippen LogP contribution in [-0.4, -0.2) is 15.4 Å². The van der Waals surface area contributed by atoms with E-state index < -0.39 is 16.4 Å². The van der Waals surface area contributed by atoms with E-state index in [-0.39, 0.29) is 26.5 Å². The highest BCUT2D eigenvalue weighted by Gasteiger charge is 2.19. The Hall–Kier alpha value is -5.53. The molecular formula is C31H22N4O5S. The minimum atomic E-state index is -0.597. The summed E-state index contributed by atoms with van der Waals surface area (Å²) in [5.41, 5.74) is 1.37. The van der Waals surface area contributed by atoms with Gasteiger partial charge in [-0.05, 0) is 48.9 Å². The zero-order valence-corrected chi connectivity index (χ0v) is 22.5. The fourth-order valence-electron chi connectivity index (χ4n) is 4.21. The summed E-state index contributed by atoms with van der Waals surface area (Å²) in [7, 11) is 0. The molecule has 0 saturated carbocycles. The normalized spacial score (nSPS) is 12.8. The molecule has 202 valence electrons. The molecule has 10 heteroatoms. The fraction of sp³-hybridized carbons (Fsp3) is 0.0645. The Bertz CT molecular complexity index is 1950. The molecule has 41 heavy (non-hydrogen) atoms. The lowest BCUT2D eigenvalue weighted by Gasteiger charge is -2.13. The first-order valence-electron chi connectivity index (χ1n) is 12.5. The molecule has 1 atom stereocenters. The number of furan rings is 1. The maximum absolute atomic E-state index is 13.6. The number of benzene rings is 3. The van der Waals surface area contributed by atoms with Gasteiger partial charge in [0.2, 0.25) is 0 Å². The summed E-state index contributed by atoms with van der Waals surface area (Å²) in [6.45, 7) is 1.82. The van der Waals surface area contributed by atoms with Gasteiger partial charge in [0.05, 0.1) is 21.2 Å². The van der Waals surface area contributed by atoms with Crippen molar-refractivity contribution in [1.82, 2.24) is 9.88 Å². The van der Waals surface area contributed by atoms with E-state index in [0.717, 1.165) is 16.9 Å². The van der Waals surface area contributed by atoms with E-state index in [9.17, 15) is 25.0 Å². The first-order chi connectivity index (χ1) is 19.9. The Labute approximate surface area is 237 Å². The lowest BCUT2D eigenvalue weighted by Crippen LogP contribution is -2.34. The van der Waals surface area contributed by atoms with Gasteiger partial charge in [-0.2, -0.15) is 5.26 Å². The van der Waals surface area contributed by atoms with Gasteiger partial charge in [0.15, 0.2) is 5.57 Å². The van der Waals surface area contributed by atoms with Crippen molar-refractivity contribution < 1.29 is 14.1 Å². The summed E-state index contributed by atoms with van der Waals surface area (Å²) in [6, 6.07) is 29.1. The lowest BCUT2D eigenvalue weighted by atomic mass is 10.1. The minimum absolute atomic E-state index is 0.0357. The van der Waals surface area contributed by atoms with Crippen LogP contribution in [0.2, 0.25) is 0 Å². The van der Waals surface area contributed by atoms with Crippen LogP contribution in [0, 0.1) is 21.4 Å². The van der Waals surface area contributed by atoms with Crippen molar-refractivity contribution in [1.29, 1.82) is 5.26 Å². The molecule has 0 saturated heterocycles. The van der Waals surface area contributed by atoms with Crippen molar-refractivity contribution in [2.45, 2.75) is 13.0 Å². The first-order valence-corrected chi connectivity index (χ1v) is 13.3. The maximum atomic E-state index is 13.6. The Morgan fingerprint density at radius 3 is 2.32 bits per heavy atom. The number of nitrogens with one attached hydrogen (secondary N) is 1. The number of carbonyl (C=O) groups excluding carboxylic acids is 1. The number of hydrogen-bond donors (Lipinski definition) is 1. The highest BCUT2D eigenvalue weighted by molar-refractivity contribution is 7.07. The number of nitriles is 1. The van der Waals surface area contributed by atoms with Gasteiger partial charge in [-0.25, -0.2) is 0 Å². The van der Waals surface area contributed by atoms with E-state index in [1.807, 2.05) is 43.3 Å². The highest BCUT2D eigenvalue weighted by Crippen LogP contribution is 2.24. The molecule has 0 aliphatic rings. The SMILES string of the molecule is C[C@@H](NC(=O)/C(C#N)=c1/s/c(=C/c2ccc(-c3ccc([N+](=O)[O-])cc3)o2)c(=O)n1-c1ccccc1)c1ccccc1. The van der Waals surface area contributed by atoms with Crippen molar-refractivity contribution in [3.63, 3.8) is 0 Å². The van der Waals surface area contributed by atoms with E-state index >= 15 is 0 Å². The largest absolute Gasteiger partial charge is 0.457 e. The second kappa shape index (κ2) is 11.7. The standard InChI is InChI=1S/C31H22N4O5S/c1-20(21-8-4-2-5-9-21)33-29(36)26(19-32)31-34(23-10-6-3-7-11-23)30(37)28(41-31)18-25-16-17-27(40-25)22-12-14-24(15-13-22)35(38)39/h2-18,20H,1H3,(H,33,36)/b28-18+,31-26+/t20-/m1/s1. The van der Waals surface area contributed by atoms with Gasteiger partial charge >= 0.3 is 0 Å². The summed E-state index contributed by atoms with van der Waals surface area (Å²) in [6.07, 6.45) is 1.55. The van der Waals surface area contributed by atoms with Crippen LogP contribution >= 0.6 is 11.3 Å². The smallest absolute Gasteiger partial charge is 0.273 e. The van der Waals surface area contributed by atoms with E-state index in [1.165, 1.54) is 16.7 Å². The molecule has 0 fully saturated rings. The number of thiazole rings is 1. The molecule has 2 heterocycles. The van der Waals surface area contributed by atoms with Crippen molar-refractivity contribution >= 4 is 34.6 Å². The fourth-order valence-corrected chi connectivity index (χ4v) is 5.30. The van der Waals surface area contributed by atoms with Crippen molar-refractivity contribution in [3.8, 4) is 23.1 Å².